The van der Waals surface area contributed by atoms with Crippen LogP contribution in [0.15, 0.2) is 4.79 Å². The van der Waals surface area contributed by atoms with Crippen molar-refractivity contribution in [3.05, 3.63) is 21.7 Å². The number of aromatic nitrogens is 2. The molecule has 0 spiro atoms. The van der Waals surface area contributed by atoms with E-state index in [0.29, 0.717) is 30.2 Å². The van der Waals surface area contributed by atoms with Crippen molar-refractivity contribution in [3.63, 3.8) is 0 Å². The van der Waals surface area contributed by atoms with Crippen LogP contribution in [-0.4, -0.2) is 23.2 Å². The molecule has 1 unspecified atom stereocenters. The Morgan fingerprint density at radius 2 is 2.44 bits per heavy atom. The number of nitrogen functional groups attached to an aromatic ring is 1. The van der Waals surface area contributed by atoms with Crippen LogP contribution in [0.1, 0.15) is 37.1 Å². The van der Waals surface area contributed by atoms with Gasteiger partial charge in [0.1, 0.15) is 11.6 Å². The van der Waals surface area contributed by atoms with Gasteiger partial charge in [0.05, 0.1) is 12.2 Å². The fourth-order valence-electron chi connectivity index (χ4n) is 2.02. The Labute approximate surface area is 94.0 Å². The topological polar surface area (TPSA) is 81.0 Å². The van der Waals surface area contributed by atoms with Gasteiger partial charge in [0, 0.05) is 12.5 Å². The Morgan fingerprint density at radius 3 is 3.00 bits per heavy atom. The highest BCUT2D eigenvalue weighted by atomic mass is 16.5. The summed E-state index contributed by atoms with van der Waals surface area (Å²) in [5, 5.41) is 0. The third kappa shape index (κ3) is 2.09. The number of nitrogens with two attached hydrogens (primary N) is 1. The number of aromatic amines is 1. The van der Waals surface area contributed by atoms with Gasteiger partial charge in [-0.05, 0) is 19.3 Å². The Hall–Kier alpha value is -1.36. The van der Waals surface area contributed by atoms with Crippen molar-refractivity contribution >= 4 is 5.82 Å². The molecule has 5 nitrogen and oxygen atoms in total. The molecule has 0 radical (unpaired) electrons. The molecule has 1 aliphatic heterocycles. The SMILES string of the molecule is CCc1c(N)nc(C2CCCOC2)[nH]c1=O. The van der Waals surface area contributed by atoms with Crippen LogP contribution in [-0.2, 0) is 11.2 Å². The van der Waals surface area contributed by atoms with Crippen LogP contribution in [0.25, 0.3) is 0 Å². The lowest BCUT2D eigenvalue weighted by Gasteiger charge is -2.21. The van der Waals surface area contributed by atoms with Crippen LogP contribution < -0.4 is 11.3 Å². The van der Waals surface area contributed by atoms with Gasteiger partial charge in [0.2, 0.25) is 0 Å². The molecule has 1 aliphatic rings. The average Bonchev–Trinajstić information content (AvgIpc) is 2.30. The minimum Gasteiger partial charge on any atom is -0.383 e. The first-order valence-electron chi connectivity index (χ1n) is 5.68. The number of rotatable bonds is 2. The summed E-state index contributed by atoms with van der Waals surface area (Å²) in [7, 11) is 0. The number of hydrogen-bond acceptors (Lipinski definition) is 4. The molecule has 0 bridgehead atoms. The van der Waals surface area contributed by atoms with E-state index in [1.54, 1.807) is 0 Å². The van der Waals surface area contributed by atoms with E-state index >= 15 is 0 Å². The maximum atomic E-state index is 11.7. The van der Waals surface area contributed by atoms with Gasteiger partial charge >= 0.3 is 0 Å². The molecule has 0 aliphatic carbocycles. The second kappa shape index (κ2) is 4.65. The summed E-state index contributed by atoms with van der Waals surface area (Å²) in [4.78, 5) is 18.8. The Balaban J connectivity index is 2.31. The highest BCUT2D eigenvalue weighted by Gasteiger charge is 2.19. The van der Waals surface area contributed by atoms with Gasteiger partial charge in [-0.1, -0.05) is 6.92 Å². The van der Waals surface area contributed by atoms with Gasteiger partial charge in [-0.3, -0.25) is 4.79 Å². The van der Waals surface area contributed by atoms with Gasteiger partial charge in [-0.15, -0.1) is 0 Å². The fourth-order valence-corrected chi connectivity index (χ4v) is 2.02. The monoisotopic (exact) mass is 223 g/mol. The molecular weight excluding hydrogens is 206 g/mol. The molecule has 2 heterocycles. The van der Waals surface area contributed by atoms with Crippen LogP contribution >= 0.6 is 0 Å². The largest absolute Gasteiger partial charge is 0.383 e. The molecule has 5 heteroatoms. The molecule has 3 N–H and O–H groups in total. The van der Waals surface area contributed by atoms with Crippen LogP contribution in [0.5, 0.6) is 0 Å². The molecule has 0 saturated carbocycles. The quantitative estimate of drug-likeness (QED) is 0.777. The number of H-pyrrole nitrogens is 1. The lowest BCUT2D eigenvalue weighted by atomic mass is 10.0. The molecule has 2 rings (SSSR count). The highest BCUT2D eigenvalue weighted by molar-refractivity contribution is 5.37. The van der Waals surface area contributed by atoms with Crippen LogP contribution in [0.4, 0.5) is 5.82 Å². The van der Waals surface area contributed by atoms with Crippen LogP contribution in [0.3, 0.4) is 0 Å². The zero-order valence-electron chi connectivity index (χ0n) is 9.45. The second-order valence-corrected chi connectivity index (χ2v) is 4.08. The number of hydrogen-bond donors (Lipinski definition) is 2. The summed E-state index contributed by atoms with van der Waals surface area (Å²) >= 11 is 0. The third-order valence-electron chi connectivity index (χ3n) is 2.97. The van der Waals surface area contributed by atoms with Crippen LogP contribution in [0.2, 0.25) is 0 Å². The Bertz CT molecular complexity index is 422. The standard InChI is InChI=1S/C11H17N3O2/c1-2-8-9(12)13-10(14-11(8)15)7-4-3-5-16-6-7/h7H,2-6H2,1H3,(H3,12,13,14,15). The van der Waals surface area contributed by atoms with Crippen molar-refractivity contribution in [1.29, 1.82) is 0 Å². The van der Waals surface area contributed by atoms with Crippen molar-refractivity contribution in [2.24, 2.45) is 0 Å². The highest BCUT2D eigenvalue weighted by Crippen LogP contribution is 2.22. The number of nitrogens with one attached hydrogen (secondary N) is 1. The number of nitrogens with zero attached hydrogens (tertiary/aromatic N) is 1. The number of ether oxygens (including phenoxy) is 1. The molecule has 1 saturated heterocycles. The molecule has 16 heavy (non-hydrogen) atoms. The molecule has 0 amide bonds. The second-order valence-electron chi connectivity index (χ2n) is 4.08. The minimum absolute atomic E-state index is 0.115. The summed E-state index contributed by atoms with van der Waals surface area (Å²) in [6.45, 7) is 3.31. The molecule has 0 aromatic carbocycles. The maximum absolute atomic E-state index is 11.7. The van der Waals surface area contributed by atoms with Crippen molar-refractivity contribution in [2.75, 3.05) is 18.9 Å². The van der Waals surface area contributed by atoms with Crippen molar-refractivity contribution in [1.82, 2.24) is 9.97 Å². The minimum atomic E-state index is -0.115. The Morgan fingerprint density at radius 1 is 1.62 bits per heavy atom. The van der Waals surface area contributed by atoms with Gasteiger partial charge in [0.15, 0.2) is 0 Å². The van der Waals surface area contributed by atoms with Gasteiger partial charge < -0.3 is 15.5 Å². The molecule has 1 aromatic heterocycles. The molecule has 1 aromatic rings. The van der Waals surface area contributed by atoms with E-state index in [-0.39, 0.29) is 11.5 Å². The summed E-state index contributed by atoms with van der Waals surface area (Å²) in [5.74, 6) is 1.20. The first-order valence-corrected chi connectivity index (χ1v) is 5.68. The third-order valence-corrected chi connectivity index (χ3v) is 2.97. The summed E-state index contributed by atoms with van der Waals surface area (Å²) in [6, 6.07) is 0. The van der Waals surface area contributed by atoms with Crippen molar-refractivity contribution in [2.45, 2.75) is 32.1 Å². The van der Waals surface area contributed by atoms with E-state index in [1.165, 1.54) is 0 Å². The number of anilines is 1. The summed E-state index contributed by atoms with van der Waals surface area (Å²) in [6.07, 6.45) is 2.60. The molecule has 88 valence electrons. The normalized spacial score (nSPS) is 20.9. The molecule has 1 atom stereocenters. The molecular formula is C11H17N3O2. The fraction of sp³-hybridized carbons (Fsp3) is 0.636. The van der Waals surface area contributed by atoms with E-state index in [4.69, 9.17) is 10.5 Å². The van der Waals surface area contributed by atoms with E-state index in [9.17, 15) is 4.79 Å². The zero-order valence-corrected chi connectivity index (χ0v) is 9.45. The zero-order chi connectivity index (χ0) is 11.5. The first kappa shape index (κ1) is 11.1. The lowest BCUT2D eigenvalue weighted by molar-refractivity contribution is 0.0780. The van der Waals surface area contributed by atoms with E-state index < -0.39 is 0 Å². The van der Waals surface area contributed by atoms with Gasteiger partial charge in [-0.25, -0.2) is 4.98 Å². The van der Waals surface area contributed by atoms with Gasteiger partial charge in [0.25, 0.3) is 5.56 Å². The predicted molar refractivity (Wildman–Crippen MR) is 61.4 cm³/mol. The van der Waals surface area contributed by atoms with E-state index in [2.05, 4.69) is 9.97 Å². The summed E-state index contributed by atoms with van der Waals surface area (Å²) < 4.78 is 5.37. The van der Waals surface area contributed by atoms with E-state index in [1.807, 2.05) is 6.92 Å². The maximum Gasteiger partial charge on any atom is 0.256 e. The smallest absolute Gasteiger partial charge is 0.256 e. The van der Waals surface area contributed by atoms with Crippen molar-refractivity contribution in [3.8, 4) is 0 Å². The lowest BCUT2D eigenvalue weighted by Crippen LogP contribution is -2.24. The van der Waals surface area contributed by atoms with Crippen molar-refractivity contribution < 1.29 is 4.74 Å². The Kier molecular flexibility index (Phi) is 3.24. The first-order chi connectivity index (χ1) is 7.72. The average molecular weight is 223 g/mol. The van der Waals surface area contributed by atoms with Gasteiger partial charge in [-0.2, -0.15) is 0 Å². The predicted octanol–water partition coefficient (Wildman–Crippen LogP) is 0.808. The summed E-state index contributed by atoms with van der Waals surface area (Å²) in [5.41, 5.74) is 6.22. The van der Waals surface area contributed by atoms with Crippen LogP contribution in [0, 0.1) is 0 Å². The molecule has 1 fully saturated rings. The van der Waals surface area contributed by atoms with E-state index in [0.717, 1.165) is 19.4 Å².